The van der Waals surface area contributed by atoms with Crippen molar-refractivity contribution in [2.45, 2.75) is 13.3 Å². The van der Waals surface area contributed by atoms with Gasteiger partial charge in [-0.25, -0.2) is 0 Å². The lowest BCUT2D eigenvalue weighted by Crippen LogP contribution is -2.21. The number of anilines is 1. The van der Waals surface area contributed by atoms with Crippen molar-refractivity contribution in [3.05, 3.63) is 54.1 Å². The Morgan fingerprint density at radius 2 is 2.00 bits per heavy atom. The van der Waals surface area contributed by atoms with E-state index in [9.17, 15) is 0 Å². The molecule has 0 spiro atoms. The van der Waals surface area contributed by atoms with Crippen LogP contribution in [0.5, 0.6) is 0 Å². The second kappa shape index (κ2) is 5.02. The Balaban J connectivity index is 2.00. The summed E-state index contributed by atoms with van der Waals surface area (Å²) in [5.74, 6) is 0.684. The molecule has 0 saturated heterocycles. The molecule has 0 radical (unpaired) electrons. The third-order valence-electron chi connectivity index (χ3n) is 2.99. The Bertz CT molecular complexity index is 389. The zero-order valence-electron chi connectivity index (χ0n) is 10.1. The molecule has 84 valence electrons. The van der Waals surface area contributed by atoms with E-state index in [2.05, 4.69) is 67.4 Å². The van der Waals surface area contributed by atoms with Crippen LogP contribution >= 0.6 is 0 Å². The van der Waals surface area contributed by atoms with E-state index in [1.807, 2.05) is 0 Å². The summed E-state index contributed by atoms with van der Waals surface area (Å²) in [6.07, 6.45) is 7.89. The van der Waals surface area contributed by atoms with Gasteiger partial charge in [-0.3, -0.25) is 0 Å². The first kappa shape index (κ1) is 11.0. The Kier molecular flexibility index (Phi) is 3.45. The van der Waals surface area contributed by atoms with Crippen LogP contribution in [0.3, 0.4) is 0 Å². The van der Waals surface area contributed by atoms with Crippen LogP contribution in [0.4, 0.5) is 5.69 Å². The smallest absolute Gasteiger partial charge is 0.0388 e. The molecule has 0 saturated carbocycles. The van der Waals surface area contributed by atoms with E-state index in [0.29, 0.717) is 5.92 Å². The molecule has 0 bridgehead atoms. The van der Waals surface area contributed by atoms with Crippen LogP contribution in [0.15, 0.2) is 54.1 Å². The third-order valence-corrected chi connectivity index (χ3v) is 2.99. The number of para-hydroxylation sites is 1. The van der Waals surface area contributed by atoms with Crippen molar-refractivity contribution in [2.75, 3.05) is 18.5 Å². The van der Waals surface area contributed by atoms with Crippen molar-refractivity contribution >= 4 is 5.69 Å². The van der Waals surface area contributed by atoms with E-state index in [1.54, 1.807) is 0 Å². The first-order valence-corrected chi connectivity index (χ1v) is 5.88. The molecule has 2 rings (SSSR count). The van der Waals surface area contributed by atoms with Gasteiger partial charge in [-0.1, -0.05) is 48.9 Å². The first-order chi connectivity index (χ1) is 7.75. The van der Waals surface area contributed by atoms with Gasteiger partial charge in [-0.2, -0.15) is 0 Å². The molecular weight excluding hydrogens is 194 g/mol. The maximum atomic E-state index is 2.30. The molecule has 1 aliphatic carbocycles. The summed E-state index contributed by atoms with van der Waals surface area (Å²) < 4.78 is 0. The maximum Gasteiger partial charge on any atom is 0.0388 e. The summed E-state index contributed by atoms with van der Waals surface area (Å²) in [6.45, 7) is 3.30. The third kappa shape index (κ3) is 2.75. The predicted octanol–water partition coefficient (Wildman–Crippen LogP) is 3.65. The molecule has 1 heteroatoms. The molecule has 0 heterocycles. The number of rotatable bonds is 3. The first-order valence-electron chi connectivity index (χ1n) is 5.88. The fraction of sp³-hybridized carbons (Fsp3) is 0.333. The van der Waals surface area contributed by atoms with Crippen LogP contribution in [0, 0.1) is 5.92 Å². The van der Waals surface area contributed by atoms with E-state index >= 15 is 0 Å². The minimum atomic E-state index is 0.684. The number of likely N-dealkylation sites (N-methyl/N-ethyl adjacent to an activating group) is 1. The van der Waals surface area contributed by atoms with Crippen molar-refractivity contribution in [1.29, 1.82) is 0 Å². The van der Waals surface area contributed by atoms with Gasteiger partial charge in [0, 0.05) is 19.3 Å². The Hall–Kier alpha value is -1.50. The highest BCUT2D eigenvalue weighted by Crippen LogP contribution is 2.20. The van der Waals surface area contributed by atoms with Crippen molar-refractivity contribution in [3.63, 3.8) is 0 Å². The quantitative estimate of drug-likeness (QED) is 0.741. The highest BCUT2D eigenvalue weighted by atomic mass is 15.1. The highest BCUT2D eigenvalue weighted by molar-refractivity contribution is 5.46. The molecule has 1 aromatic carbocycles. The Morgan fingerprint density at radius 1 is 1.25 bits per heavy atom. The zero-order chi connectivity index (χ0) is 11.4. The van der Waals surface area contributed by atoms with Gasteiger partial charge in [0.2, 0.25) is 0 Å². The van der Waals surface area contributed by atoms with Gasteiger partial charge in [0.05, 0.1) is 0 Å². The lowest BCUT2D eigenvalue weighted by Gasteiger charge is -2.23. The summed E-state index contributed by atoms with van der Waals surface area (Å²) in [5.41, 5.74) is 2.80. The number of hydrogen-bond acceptors (Lipinski definition) is 1. The van der Waals surface area contributed by atoms with Crippen molar-refractivity contribution in [1.82, 2.24) is 0 Å². The van der Waals surface area contributed by atoms with Crippen LogP contribution in [0.2, 0.25) is 0 Å². The number of hydrogen-bond donors (Lipinski definition) is 0. The largest absolute Gasteiger partial charge is 0.371 e. The summed E-state index contributed by atoms with van der Waals surface area (Å²) in [5, 5.41) is 0. The standard InChI is InChI=1S/C15H19N/c1-13-7-6-8-14(11-13)12-16(2)15-9-4-3-5-10-15/h3-10,13H,11-12H2,1-2H3. The molecule has 1 nitrogen and oxygen atoms in total. The van der Waals surface area contributed by atoms with Crippen LogP contribution in [-0.4, -0.2) is 13.6 Å². The molecular formula is C15H19N. The molecule has 1 atom stereocenters. The van der Waals surface area contributed by atoms with E-state index in [0.717, 1.165) is 6.54 Å². The highest BCUT2D eigenvalue weighted by Gasteiger charge is 2.09. The molecule has 1 unspecified atom stereocenters. The van der Waals surface area contributed by atoms with Gasteiger partial charge >= 0.3 is 0 Å². The minimum Gasteiger partial charge on any atom is -0.371 e. The second-order valence-electron chi connectivity index (χ2n) is 4.58. The minimum absolute atomic E-state index is 0.684. The van der Waals surface area contributed by atoms with E-state index in [-0.39, 0.29) is 0 Å². The Morgan fingerprint density at radius 3 is 2.69 bits per heavy atom. The summed E-state index contributed by atoms with van der Waals surface area (Å²) >= 11 is 0. The molecule has 16 heavy (non-hydrogen) atoms. The predicted molar refractivity (Wildman–Crippen MR) is 70.7 cm³/mol. The monoisotopic (exact) mass is 213 g/mol. The van der Waals surface area contributed by atoms with Gasteiger partial charge in [0.1, 0.15) is 0 Å². The van der Waals surface area contributed by atoms with E-state index < -0.39 is 0 Å². The molecule has 0 N–H and O–H groups in total. The van der Waals surface area contributed by atoms with Gasteiger partial charge in [-0.15, -0.1) is 0 Å². The normalized spacial score (nSPS) is 19.4. The average Bonchev–Trinajstić information content (AvgIpc) is 2.30. The van der Waals surface area contributed by atoms with E-state index in [1.165, 1.54) is 17.7 Å². The van der Waals surface area contributed by atoms with Crippen molar-refractivity contribution in [3.8, 4) is 0 Å². The lowest BCUT2D eigenvalue weighted by atomic mass is 9.96. The number of nitrogens with zero attached hydrogens (tertiary/aromatic N) is 1. The van der Waals surface area contributed by atoms with E-state index in [4.69, 9.17) is 0 Å². The van der Waals surface area contributed by atoms with Crippen LogP contribution in [-0.2, 0) is 0 Å². The van der Waals surface area contributed by atoms with Gasteiger partial charge < -0.3 is 4.90 Å². The maximum absolute atomic E-state index is 2.30. The molecule has 0 aromatic heterocycles. The fourth-order valence-electron chi connectivity index (χ4n) is 2.13. The Labute approximate surface area is 98.1 Å². The molecule has 0 aliphatic heterocycles. The second-order valence-corrected chi connectivity index (χ2v) is 4.58. The average molecular weight is 213 g/mol. The summed E-state index contributed by atoms with van der Waals surface area (Å²) in [7, 11) is 2.15. The SMILES string of the molecule is CC1C=CC=C(CN(C)c2ccccc2)C1. The van der Waals surface area contributed by atoms with Gasteiger partial charge in [-0.05, 0) is 24.5 Å². The summed E-state index contributed by atoms with van der Waals surface area (Å²) in [4.78, 5) is 2.30. The summed E-state index contributed by atoms with van der Waals surface area (Å²) in [6, 6.07) is 10.5. The van der Waals surface area contributed by atoms with Crippen molar-refractivity contribution < 1.29 is 0 Å². The van der Waals surface area contributed by atoms with Gasteiger partial charge in [0.15, 0.2) is 0 Å². The number of allylic oxidation sites excluding steroid dienone is 3. The van der Waals surface area contributed by atoms with Crippen LogP contribution in [0.1, 0.15) is 13.3 Å². The van der Waals surface area contributed by atoms with Crippen LogP contribution < -0.4 is 4.90 Å². The van der Waals surface area contributed by atoms with Crippen molar-refractivity contribution in [2.24, 2.45) is 5.92 Å². The molecule has 1 aromatic rings. The van der Waals surface area contributed by atoms with Gasteiger partial charge in [0.25, 0.3) is 0 Å². The van der Waals surface area contributed by atoms with Crippen LogP contribution in [0.25, 0.3) is 0 Å². The zero-order valence-corrected chi connectivity index (χ0v) is 10.1. The number of benzene rings is 1. The molecule has 0 fully saturated rings. The molecule has 1 aliphatic rings. The fourth-order valence-corrected chi connectivity index (χ4v) is 2.13. The lowest BCUT2D eigenvalue weighted by molar-refractivity contribution is 0.691. The molecule has 0 amide bonds. The topological polar surface area (TPSA) is 3.24 Å².